The molecule has 0 spiro atoms. The molecule has 0 aromatic heterocycles. The smallest absolute Gasteiger partial charge is 0.0637 e. The van der Waals surface area contributed by atoms with Crippen molar-refractivity contribution in [3.05, 3.63) is 0 Å². The molecule has 2 aliphatic heterocycles. The van der Waals surface area contributed by atoms with Gasteiger partial charge in [-0.15, -0.1) is 0 Å². The Kier molecular flexibility index (Phi) is 3.79. The fraction of sp³-hybridized carbons (Fsp3) is 1.00. The van der Waals surface area contributed by atoms with Crippen molar-refractivity contribution in [1.29, 1.82) is 0 Å². The monoisotopic (exact) mass is 198 g/mol. The molecule has 2 unspecified atom stereocenters. The van der Waals surface area contributed by atoms with Crippen LogP contribution in [-0.4, -0.2) is 49.8 Å². The summed E-state index contributed by atoms with van der Waals surface area (Å²) < 4.78 is 5.59. The predicted molar refractivity (Wildman–Crippen MR) is 57.5 cm³/mol. The minimum absolute atomic E-state index is 0.631. The number of nitrogens with zero attached hydrogens (tertiary/aromatic N) is 1. The van der Waals surface area contributed by atoms with Crippen LogP contribution in [0.4, 0.5) is 0 Å². The van der Waals surface area contributed by atoms with Crippen LogP contribution in [-0.2, 0) is 4.74 Å². The Bertz CT molecular complexity index is 167. The average molecular weight is 198 g/mol. The van der Waals surface area contributed by atoms with Gasteiger partial charge in [-0.1, -0.05) is 6.92 Å². The molecule has 14 heavy (non-hydrogen) atoms. The van der Waals surface area contributed by atoms with Gasteiger partial charge >= 0.3 is 0 Å². The molecule has 0 aromatic rings. The lowest BCUT2D eigenvalue weighted by atomic mass is 10.0. The largest absolute Gasteiger partial charge is 0.380 e. The zero-order chi connectivity index (χ0) is 9.80. The van der Waals surface area contributed by atoms with Gasteiger partial charge in [0.25, 0.3) is 0 Å². The first-order valence-electron chi connectivity index (χ1n) is 5.97. The highest BCUT2D eigenvalue weighted by Gasteiger charge is 2.31. The molecule has 2 saturated heterocycles. The highest BCUT2D eigenvalue weighted by Crippen LogP contribution is 2.19. The van der Waals surface area contributed by atoms with Gasteiger partial charge in [-0.2, -0.15) is 0 Å². The lowest BCUT2D eigenvalue weighted by Gasteiger charge is -2.38. The summed E-state index contributed by atoms with van der Waals surface area (Å²) in [5, 5.41) is 3.59. The first-order chi connectivity index (χ1) is 6.92. The molecule has 0 radical (unpaired) electrons. The van der Waals surface area contributed by atoms with Gasteiger partial charge < -0.3 is 10.1 Å². The Balaban J connectivity index is 1.91. The Morgan fingerprint density at radius 1 is 1.36 bits per heavy atom. The van der Waals surface area contributed by atoms with Crippen molar-refractivity contribution in [3.8, 4) is 0 Å². The quantitative estimate of drug-likeness (QED) is 0.727. The number of likely N-dealkylation sites (N-methyl/N-ethyl adjacent to an activating group) is 1. The number of rotatable bonds is 3. The molecule has 0 aromatic carbocycles. The summed E-state index contributed by atoms with van der Waals surface area (Å²) in [4.78, 5) is 2.60. The van der Waals surface area contributed by atoms with E-state index >= 15 is 0 Å². The van der Waals surface area contributed by atoms with Crippen LogP contribution >= 0.6 is 0 Å². The lowest BCUT2D eigenvalue weighted by Crippen LogP contribution is -2.54. The maximum absolute atomic E-state index is 5.59. The molecular weight excluding hydrogens is 176 g/mol. The molecule has 0 aliphatic carbocycles. The van der Waals surface area contributed by atoms with Gasteiger partial charge in [-0.25, -0.2) is 0 Å². The van der Waals surface area contributed by atoms with E-state index in [1.54, 1.807) is 0 Å². The van der Waals surface area contributed by atoms with Crippen LogP contribution in [0, 0.1) is 0 Å². The van der Waals surface area contributed by atoms with E-state index in [-0.39, 0.29) is 0 Å². The fourth-order valence-electron chi connectivity index (χ4n) is 2.66. The summed E-state index contributed by atoms with van der Waals surface area (Å²) in [6.45, 7) is 7.68. The minimum atomic E-state index is 0.631. The summed E-state index contributed by atoms with van der Waals surface area (Å²) in [6, 6.07) is 1.29. The van der Waals surface area contributed by atoms with Crippen molar-refractivity contribution in [2.24, 2.45) is 0 Å². The second kappa shape index (κ2) is 5.10. The zero-order valence-corrected chi connectivity index (χ0v) is 9.17. The Hall–Kier alpha value is -0.120. The number of nitrogens with one attached hydrogen (secondary N) is 1. The molecule has 0 saturated carbocycles. The van der Waals surface area contributed by atoms with Crippen molar-refractivity contribution >= 4 is 0 Å². The van der Waals surface area contributed by atoms with Gasteiger partial charge in [0.15, 0.2) is 0 Å². The summed E-state index contributed by atoms with van der Waals surface area (Å²) in [5.74, 6) is 0. The highest BCUT2D eigenvalue weighted by molar-refractivity contribution is 4.88. The lowest BCUT2D eigenvalue weighted by molar-refractivity contribution is 0.00560. The van der Waals surface area contributed by atoms with Gasteiger partial charge in [0.2, 0.25) is 0 Å². The molecule has 82 valence electrons. The zero-order valence-electron chi connectivity index (χ0n) is 9.17. The van der Waals surface area contributed by atoms with E-state index in [9.17, 15) is 0 Å². The van der Waals surface area contributed by atoms with Crippen LogP contribution in [0.15, 0.2) is 0 Å². The van der Waals surface area contributed by atoms with Crippen LogP contribution < -0.4 is 5.32 Å². The fourth-order valence-corrected chi connectivity index (χ4v) is 2.66. The maximum Gasteiger partial charge on any atom is 0.0637 e. The molecule has 0 bridgehead atoms. The van der Waals surface area contributed by atoms with E-state index in [1.807, 2.05) is 0 Å². The Morgan fingerprint density at radius 2 is 2.14 bits per heavy atom. The maximum atomic E-state index is 5.59. The molecule has 2 fully saturated rings. The molecule has 0 amide bonds. The summed E-state index contributed by atoms with van der Waals surface area (Å²) >= 11 is 0. The normalized spacial score (nSPS) is 34.9. The van der Waals surface area contributed by atoms with Gasteiger partial charge in [-0.3, -0.25) is 4.90 Å². The Morgan fingerprint density at radius 3 is 2.86 bits per heavy atom. The third-order valence-electron chi connectivity index (χ3n) is 3.40. The predicted octanol–water partition coefficient (Wildman–Crippen LogP) is 0.849. The topological polar surface area (TPSA) is 24.5 Å². The van der Waals surface area contributed by atoms with E-state index in [0.29, 0.717) is 12.1 Å². The summed E-state index contributed by atoms with van der Waals surface area (Å²) in [6.07, 6.45) is 3.92. The van der Waals surface area contributed by atoms with Crippen LogP contribution in [0.2, 0.25) is 0 Å². The first-order valence-corrected chi connectivity index (χ1v) is 5.97. The first kappa shape index (κ1) is 10.4. The van der Waals surface area contributed by atoms with Crippen LogP contribution in [0.25, 0.3) is 0 Å². The molecule has 1 N–H and O–H groups in total. The van der Waals surface area contributed by atoms with E-state index < -0.39 is 0 Å². The van der Waals surface area contributed by atoms with Crippen LogP contribution in [0.5, 0.6) is 0 Å². The summed E-state index contributed by atoms with van der Waals surface area (Å²) in [5.41, 5.74) is 0. The van der Waals surface area contributed by atoms with Gasteiger partial charge in [0, 0.05) is 18.7 Å². The van der Waals surface area contributed by atoms with Crippen LogP contribution in [0.3, 0.4) is 0 Å². The van der Waals surface area contributed by atoms with Crippen molar-refractivity contribution in [2.75, 3.05) is 32.8 Å². The number of hydrogen-bond donors (Lipinski definition) is 1. The minimum Gasteiger partial charge on any atom is -0.380 e. The second-order valence-electron chi connectivity index (χ2n) is 4.34. The van der Waals surface area contributed by atoms with E-state index in [1.165, 1.54) is 32.4 Å². The Labute approximate surface area is 86.8 Å². The van der Waals surface area contributed by atoms with Crippen molar-refractivity contribution in [1.82, 2.24) is 10.2 Å². The van der Waals surface area contributed by atoms with Gasteiger partial charge in [0.1, 0.15) is 0 Å². The van der Waals surface area contributed by atoms with E-state index in [4.69, 9.17) is 4.74 Å². The number of ether oxygens (including phenoxy) is 1. The van der Waals surface area contributed by atoms with Crippen LogP contribution in [0.1, 0.15) is 26.2 Å². The molecule has 2 heterocycles. The molecule has 2 rings (SSSR count). The summed E-state index contributed by atoms with van der Waals surface area (Å²) in [7, 11) is 0. The number of hydrogen-bond acceptors (Lipinski definition) is 3. The highest BCUT2D eigenvalue weighted by atomic mass is 16.5. The standard InChI is InChI=1S/C11H22N2O/c1-2-12-10-5-8-14-9-11(10)13-6-3-4-7-13/h10-12H,2-9H2,1H3. The molecule has 2 aliphatic rings. The molecular formula is C11H22N2O. The third-order valence-corrected chi connectivity index (χ3v) is 3.40. The van der Waals surface area contributed by atoms with E-state index in [0.717, 1.165) is 19.8 Å². The molecule has 2 atom stereocenters. The van der Waals surface area contributed by atoms with Crippen molar-refractivity contribution < 1.29 is 4.74 Å². The van der Waals surface area contributed by atoms with Gasteiger partial charge in [0.05, 0.1) is 6.61 Å². The van der Waals surface area contributed by atoms with Crippen molar-refractivity contribution in [2.45, 2.75) is 38.3 Å². The molecule has 3 nitrogen and oxygen atoms in total. The van der Waals surface area contributed by atoms with Crippen molar-refractivity contribution in [3.63, 3.8) is 0 Å². The molecule has 3 heteroatoms. The third kappa shape index (κ3) is 2.27. The SMILES string of the molecule is CCNC1CCOCC1N1CCCC1. The second-order valence-corrected chi connectivity index (χ2v) is 4.34. The number of likely N-dealkylation sites (tertiary alicyclic amines) is 1. The van der Waals surface area contributed by atoms with Gasteiger partial charge in [-0.05, 0) is 38.9 Å². The average Bonchev–Trinajstić information content (AvgIpc) is 2.72. The van der Waals surface area contributed by atoms with E-state index in [2.05, 4.69) is 17.1 Å².